The Bertz CT molecular complexity index is 400. The van der Waals surface area contributed by atoms with Gasteiger partial charge in [0, 0.05) is 11.3 Å². The summed E-state index contributed by atoms with van der Waals surface area (Å²) in [7, 11) is 0. The maximum atomic E-state index is 11.5. The van der Waals surface area contributed by atoms with Crippen LogP contribution in [-0.2, 0) is 4.79 Å². The Kier molecular flexibility index (Phi) is 4.19. The van der Waals surface area contributed by atoms with Crippen molar-refractivity contribution in [2.75, 3.05) is 0 Å². The molecule has 17 heavy (non-hydrogen) atoms. The molecule has 0 radical (unpaired) electrons. The van der Waals surface area contributed by atoms with Gasteiger partial charge in [-0.15, -0.1) is 0 Å². The molecule has 1 atom stereocenters. The quantitative estimate of drug-likeness (QED) is 0.558. The molecule has 0 spiro atoms. The van der Waals surface area contributed by atoms with E-state index in [2.05, 4.69) is 10.3 Å². The molecule has 1 unspecified atom stereocenters. The number of nitrogens with one attached hydrogen (secondary N) is 2. The Balaban J connectivity index is 2.96. The van der Waals surface area contributed by atoms with Crippen LogP contribution in [0, 0.1) is 10.1 Å². The monoisotopic (exact) mass is 240 g/mol. The van der Waals surface area contributed by atoms with Crippen molar-refractivity contribution < 1.29 is 9.83 Å². The standard InChI is InChI=1S/C10H16N4O3/c1-4-5-8-9(7(3)15)6(2)11-10(12-8)13-14(16)17/h8H,4-5H2,1-3H3,(H2,11,12,13). The first-order chi connectivity index (χ1) is 7.95. The van der Waals surface area contributed by atoms with Gasteiger partial charge in [0.25, 0.3) is 5.96 Å². The second-order valence-corrected chi connectivity index (χ2v) is 3.87. The molecule has 1 heterocycles. The number of nitro groups is 1. The Labute approximate surface area is 99.1 Å². The van der Waals surface area contributed by atoms with Crippen LogP contribution in [0.4, 0.5) is 0 Å². The predicted molar refractivity (Wildman–Crippen MR) is 62.8 cm³/mol. The molecule has 1 aliphatic rings. The van der Waals surface area contributed by atoms with Crippen molar-refractivity contribution in [1.29, 1.82) is 0 Å². The van der Waals surface area contributed by atoms with E-state index >= 15 is 0 Å². The van der Waals surface area contributed by atoms with E-state index in [0.29, 0.717) is 17.7 Å². The zero-order valence-electron chi connectivity index (χ0n) is 10.1. The van der Waals surface area contributed by atoms with Crippen LogP contribution in [0.2, 0.25) is 0 Å². The number of allylic oxidation sites excluding steroid dienone is 1. The molecular weight excluding hydrogens is 224 g/mol. The fourth-order valence-corrected chi connectivity index (χ4v) is 1.87. The van der Waals surface area contributed by atoms with Crippen molar-refractivity contribution in [3.8, 4) is 0 Å². The number of Topliss-reactive ketones (excluding diaryl/α,β-unsaturated/α-hetero) is 1. The van der Waals surface area contributed by atoms with E-state index in [-0.39, 0.29) is 17.8 Å². The van der Waals surface area contributed by atoms with Crippen LogP contribution in [0.1, 0.15) is 33.6 Å². The lowest BCUT2D eigenvalue weighted by Crippen LogP contribution is -2.44. The summed E-state index contributed by atoms with van der Waals surface area (Å²) < 4.78 is 0. The fourth-order valence-electron chi connectivity index (χ4n) is 1.87. The zero-order valence-corrected chi connectivity index (χ0v) is 10.1. The third-order valence-corrected chi connectivity index (χ3v) is 2.47. The Morgan fingerprint density at radius 2 is 2.29 bits per heavy atom. The van der Waals surface area contributed by atoms with E-state index < -0.39 is 5.03 Å². The van der Waals surface area contributed by atoms with E-state index in [0.717, 1.165) is 6.42 Å². The van der Waals surface area contributed by atoms with Crippen LogP contribution >= 0.6 is 0 Å². The molecule has 94 valence electrons. The van der Waals surface area contributed by atoms with Gasteiger partial charge in [0.1, 0.15) is 0 Å². The molecule has 0 fully saturated rings. The van der Waals surface area contributed by atoms with Crippen LogP contribution in [0.5, 0.6) is 0 Å². The molecule has 0 aliphatic carbocycles. The van der Waals surface area contributed by atoms with Crippen LogP contribution in [0.3, 0.4) is 0 Å². The topological polar surface area (TPSA) is 96.6 Å². The maximum Gasteiger partial charge on any atom is 0.259 e. The van der Waals surface area contributed by atoms with Crippen LogP contribution in [-0.4, -0.2) is 22.8 Å². The minimum Gasteiger partial charge on any atom is -0.325 e. The van der Waals surface area contributed by atoms with E-state index in [4.69, 9.17) is 0 Å². The highest BCUT2D eigenvalue weighted by atomic mass is 16.7. The smallest absolute Gasteiger partial charge is 0.259 e. The largest absolute Gasteiger partial charge is 0.325 e. The lowest BCUT2D eigenvalue weighted by Gasteiger charge is -2.23. The molecule has 0 amide bonds. The summed E-state index contributed by atoms with van der Waals surface area (Å²) in [5.41, 5.74) is 3.19. The number of ketones is 1. The van der Waals surface area contributed by atoms with E-state index in [9.17, 15) is 14.9 Å². The summed E-state index contributed by atoms with van der Waals surface area (Å²) in [6.45, 7) is 5.17. The molecule has 0 saturated carbocycles. The summed E-state index contributed by atoms with van der Waals surface area (Å²) in [4.78, 5) is 26.0. The Morgan fingerprint density at radius 1 is 1.65 bits per heavy atom. The van der Waals surface area contributed by atoms with Gasteiger partial charge in [-0.1, -0.05) is 18.8 Å². The lowest BCUT2D eigenvalue weighted by atomic mass is 9.97. The molecule has 0 aromatic rings. The second-order valence-electron chi connectivity index (χ2n) is 3.87. The average molecular weight is 240 g/mol. The summed E-state index contributed by atoms with van der Waals surface area (Å²) in [6, 6.07) is -0.304. The highest BCUT2D eigenvalue weighted by Gasteiger charge is 2.26. The predicted octanol–water partition coefficient (Wildman–Crippen LogP) is 0.759. The number of hydrazine groups is 1. The van der Waals surface area contributed by atoms with Gasteiger partial charge < -0.3 is 5.32 Å². The fraction of sp³-hybridized carbons (Fsp3) is 0.600. The van der Waals surface area contributed by atoms with Gasteiger partial charge in [-0.2, -0.15) is 0 Å². The summed E-state index contributed by atoms with van der Waals surface area (Å²) in [5, 5.41) is 12.4. The van der Waals surface area contributed by atoms with Crippen molar-refractivity contribution in [3.63, 3.8) is 0 Å². The number of rotatable bonds is 4. The van der Waals surface area contributed by atoms with Gasteiger partial charge in [0.05, 0.1) is 6.04 Å². The van der Waals surface area contributed by atoms with Crippen LogP contribution in [0.15, 0.2) is 16.3 Å². The Morgan fingerprint density at radius 3 is 2.76 bits per heavy atom. The molecule has 1 aliphatic heterocycles. The van der Waals surface area contributed by atoms with Crippen LogP contribution < -0.4 is 10.7 Å². The number of guanidine groups is 1. The van der Waals surface area contributed by atoms with Crippen molar-refractivity contribution in [2.45, 2.75) is 39.7 Å². The number of nitrogens with zero attached hydrogens (tertiary/aromatic N) is 2. The van der Waals surface area contributed by atoms with Gasteiger partial charge in [-0.3, -0.25) is 4.79 Å². The molecule has 2 N–H and O–H groups in total. The molecule has 7 nitrogen and oxygen atoms in total. The highest BCUT2D eigenvalue weighted by Crippen LogP contribution is 2.20. The van der Waals surface area contributed by atoms with Gasteiger partial charge in [0.15, 0.2) is 10.8 Å². The minimum atomic E-state index is -0.680. The highest BCUT2D eigenvalue weighted by molar-refractivity contribution is 5.98. The molecule has 1 rings (SSSR count). The van der Waals surface area contributed by atoms with Gasteiger partial charge in [-0.25, -0.2) is 15.1 Å². The van der Waals surface area contributed by atoms with Crippen molar-refractivity contribution in [1.82, 2.24) is 10.7 Å². The molecule has 0 bridgehead atoms. The number of aliphatic imine (C=N–C) groups is 1. The first kappa shape index (κ1) is 13.1. The molecule has 0 aromatic carbocycles. The van der Waals surface area contributed by atoms with Crippen LogP contribution in [0.25, 0.3) is 0 Å². The molecule has 0 saturated heterocycles. The lowest BCUT2D eigenvalue weighted by molar-refractivity contribution is -0.525. The van der Waals surface area contributed by atoms with Crippen molar-refractivity contribution in [3.05, 3.63) is 21.4 Å². The number of carbonyl (C=O) groups is 1. The Hall–Kier alpha value is -1.92. The maximum absolute atomic E-state index is 11.5. The zero-order chi connectivity index (χ0) is 13.0. The number of hydrogen-bond acceptors (Lipinski definition) is 5. The first-order valence-electron chi connectivity index (χ1n) is 5.43. The first-order valence-corrected chi connectivity index (χ1v) is 5.43. The summed E-state index contributed by atoms with van der Waals surface area (Å²) >= 11 is 0. The second kappa shape index (κ2) is 5.42. The third kappa shape index (κ3) is 3.27. The summed E-state index contributed by atoms with van der Waals surface area (Å²) in [6.07, 6.45) is 1.54. The third-order valence-electron chi connectivity index (χ3n) is 2.47. The SMILES string of the molecule is CCCC1N=C(N[N+](=O)[O-])NC(C)=C1C(C)=O. The summed E-state index contributed by atoms with van der Waals surface area (Å²) in [5.74, 6) is 0.0216. The molecule has 7 heteroatoms. The average Bonchev–Trinajstić information content (AvgIpc) is 2.15. The molecular formula is C10H16N4O3. The van der Waals surface area contributed by atoms with Gasteiger partial charge in [-0.05, 0) is 20.3 Å². The van der Waals surface area contributed by atoms with Crippen molar-refractivity contribution in [2.24, 2.45) is 4.99 Å². The van der Waals surface area contributed by atoms with E-state index in [1.54, 1.807) is 6.92 Å². The number of hydrogen-bond donors (Lipinski definition) is 2. The van der Waals surface area contributed by atoms with Gasteiger partial charge in [0.2, 0.25) is 0 Å². The minimum absolute atomic E-state index is 0.0580. The van der Waals surface area contributed by atoms with Gasteiger partial charge >= 0.3 is 0 Å². The number of carbonyl (C=O) groups excluding carboxylic acids is 1. The van der Waals surface area contributed by atoms with E-state index in [1.165, 1.54) is 6.92 Å². The van der Waals surface area contributed by atoms with E-state index in [1.807, 2.05) is 12.3 Å². The normalized spacial score (nSPS) is 19.5. The molecule has 0 aromatic heterocycles. The van der Waals surface area contributed by atoms with Crippen molar-refractivity contribution >= 4 is 11.7 Å².